The molecule has 0 aliphatic rings. The second-order valence-electron chi connectivity index (χ2n) is 5.08. The van der Waals surface area contributed by atoms with Crippen LogP contribution >= 0.6 is 0 Å². The molecule has 0 aromatic rings. The van der Waals surface area contributed by atoms with E-state index >= 15 is 0 Å². The molecule has 0 bridgehead atoms. The first-order valence-electron chi connectivity index (χ1n) is 5.36. The third kappa shape index (κ3) is 3.32. The fourth-order valence-corrected chi connectivity index (χ4v) is 1.49. The maximum absolute atomic E-state index is 10.8. The van der Waals surface area contributed by atoms with Gasteiger partial charge in [-0.2, -0.15) is 0 Å². The molecule has 0 radical (unpaired) electrons. The van der Waals surface area contributed by atoms with Gasteiger partial charge in [-0.05, 0) is 24.2 Å². The lowest BCUT2D eigenvalue weighted by molar-refractivity contribution is -0.150. The van der Waals surface area contributed by atoms with Crippen LogP contribution in [-0.4, -0.2) is 12.1 Å². The van der Waals surface area contributed by atoms with Crippen LogP contribution < -0.4 is 0 Å². The Balaban J connectivity index is 4.44. The van der Waals surface area contributed by atoms with E-state index in [1.807, 2.05) is 6.92 Å². The predicted molar refractivity (Wildman–Crippen MR) is 59.0 cm³/mol. The summed E-state index contributed by atoms with van der Waals surface area (Å²) in [6.07, 6.45) is -0.00935. The Morgan fingerprint density at radius 2 is 1.57 bits per heavy atom. The van der Waals surface area contributed by atoms with E-state index < -0.39 is 0 Å². The first-order valence-corrected chi connectivity index (χ1v) is 5.36. The monoisotopic (exact) mass is 200 g/mol. The van der Waals surface area contributed by atoms with Gasteiger partial charge < -0.3 is 4.74 Å². The van der Waals surface area contributed by atoms with E-state index in [0.29, 0.717) is 11.8 Å². The largest absolute Gasteiger partial charge is 0.463 e. The van der Waals surface area contributed by atoms with Crippen LogP contribution in [0.4, 0.5) is 0 Å². The zero-order chi connectivity index (χ0) is 11.5. The summed E-state index contributed by atoms with van der Waals surface area (Å²) < 4.78 is 5.21. The van der Waals surface area contributed by atoms with Gasteiger partial charge in [0.15, 0.2) is 0 Å². The van der Waals surface area contributed by atoms with E-state index in [0.717, 1.165) is 0 Å². The van der Waals surface area contributed by atoms with E-state index in [9.17, 15) is 4.79 Å². The molecule has 0 aliphatic carbocycles. The number of esters is 1. The molecule has 0 saturated carbocycles. The number of carbonyl (C=O) groups excluding carboxylic acids is 1. The molecule has 0 aromatic heterocycles. The highest BCUT2D eigenvalue weighted by molar-refractivity contribution is 5.66. The molecule has 14 heavy (non-hydrogen) atoms. The molecule has 84 valence electrons. The van der Waals surface area contributed by atoms with Crippen LogP contribution in [0.25, 0.3) is 0 Å². The second kappa shape index (κ2) is 4.81. The van der Waals surface area contributed by atoms with Crippen molar-refractivity contribution in [2.24, 2.45) is 17.3 Å². The van der Waals surface area contributed by atoms with Gasteiger partial charge in [0.05, 0.1) is 0 Å². The summed E-state index contributed by atoms with van der Waals surface area (Å²) >= 11 is 0. The fourth-order valence-electron chi connectivity index (χ4n) is 1.49. The van der Waals surface area contributed by atoms with Gasteiger partial charge in [0.2, 0.25) is 0 Å². The highest BCUT2D eigenvalue weighted by Gasteiger charge is 2.34. The minimum absolute atomic E-state index is 0.00935. The second-order valence-corrected chi connectivity index (χ2v) is 5.08. The van der Waals surface area contributed by atoms with Crippen LogP contribution in [0.5, 0.6) is 0 Å². The fraction of sp³-hybridized carbons (Fsp3) is 0.917. The number of rotatable bonds is 4. The van der Waals surface area contributed by atoms with Gasteiger partial charge in [0.1, 0.15) is 6.10 Å². The highest BCUT2D eigenvalue weighted by atomic mass is 16.5. The third-order valence-corrected chi connectivity index (χ3v) is 3.72. The Kier molecular flexibility index (Phi) is 4.63. The van der Waals surface area contributed by atoms with Crippen molar-refractivity contribution >= 4 is 5.97 Å². The van der Waals surface area contributed by atoms with Crippen molar-refractivity contribution in [1.29, 1.82) is 0 Å². The lowest BCUT2D eigenvalue weighted by atomic mass is 9.69. The van der Waals surface area contributed by atoms with Crippen molar-refractivity contribution in [2.45, 2.75) is 54.6 Å². The Morgan fingerprint density at radius 1 is 1.14 bits per heavy atom. The summed E-state index contributed by atoms with van der Waals surface area (Å²) in [4.78, 5) is 10.8. The van der Waals surface area contributed by atoms with Gasteiger partial charge in [-0.25, -0.2) is 0 Å². The van der Waals surface area contributed by atoms with E-state index in [1.165, 1.54) is 6.92 Å². The molecule has 2 nitrogen and oxygen atoms in total. The van der Waals surface area contributed by atoms with E-state index in [-0.39, 0.29) is 17.5 Å². The van der Waals surface area contributed by atoms with Crippen molar-refractivity contribution < 1.29 is 9.53 Å². The van der Waals surface area contributed by atoms with Crippen LogP contribution in [-0.2, 0) is 9.53 Å². The molecule has 2 heteroatoms. The molecule has 0 aliphatic heterocycles. The predicted octanol–water partition coefficient (Wildman–Crippen LogP) is 3.26. The van der Waals surface area contributed by atoms with Crippen LogP contribution in [0.3, 0.4) is 0 Å². The maximum Gasteiger partial charge on any atom is 0.302 e. The third-order valence-electron chi connectivity index (χ3n) is 3.72. The van der Waals surface area contributed by atoms with E-state index in [1.54, 1.807) is 0 Å². The minimum atomic E-state index is -0.191. The maximum atomic E-state index is 10.8. The molecule has 0 fully saturated rings. The molecule has 0 heterocycles. The van der Waals surface area contributed by atoms with Crippen LogP contribution in [0.15, 0.2) is 0 Å². The zero-order valence-corrected chi connectivity index (χ0v) is 10.5. The number of hydrogen-bond acceptors (Lipinski definition) is 2. The van der Waals surface area contributed by atoms with Gasteiger partial charge in [0, 0.05) is 6.92 Å². The van der Waals surface area contributed by atoms with Crippen LogP contribution in [0.2, 0.25) is 0 Å². The van der Waals surface area contributed by atoms with Crippen LogP contribution in [0.1, 0.15) is 48.5 Å². The van der Waals surface area contributed by atoms with Crippen molar-refractivity contribution in [3.8, 4) is 0 Å². The average Bonchev–Trinajstić information content (AvgIpc) is 2.01. The lowest BCUT2D eigenvalue weighted by Crippen LogP contribution is -2.36. The van der Waals surface area contributed by atoms with Crippen molar-refractivity contribution in [3.63, 3.8) is 0 Å². The van der Waals surface area contributed by atoms with Gasteiger partial charge in [-0.3, -0.25) is 4.79 Å². The van der Waals surface area contributed by atoms with Crippen LogP contribution in [0, 0.1) is 17.3 Å². The molecule has 0 N–H and O–H groups in total. The van der Waals surface area contributed by atoms with Crippen molar-refractivity contribution in [2.75, 3.05) is 0 Å². The van der Waals surface area contributed by atoms with Gasteiger partial charge in [0.25, 0.3) is 0 Å². The average molecular weight is 200 g/mol. The summed E-state index contributed by atoms with van der Waals surface area (Å²) in [6.45, 7) is 14.4. The standard InChI is InChI=1S/C12H24O2/c1-8(2)12(6,7)9(3)10(4)14-11(5)13/h8-10H,1-7H3. The van der Waals surface area contributed by atoms with Gasteiger partial charge >= 0.3 is 5.97 Å². The Bertz CT molecular complexity index is 194. The summed E-state index contributed by atoms with van der Waals surface area (Å²) in [5.41, 5.74) is 0.189. The zero-order valence-electron chi connectivity index (χ0n) is 10.5. The van der Waals surface area contributed by atoms with Crippen molar-refractivity contribution in [3.05, 3.63) is 0 Å². The SMILES string of the molecule is CC(=O)OC(C)C(C)C(C)(C)C(C)C. The Labute approximate surface area is 88.0 Å². The summed E-state index contributed by atoms with van der Waals surface area (Å²) in [6, 6.07) is 0. The molecule has 0 saturated heterocycles. The van der Waals surface area contributed by atoms with E-state index in [2.05, 4.69) is 34.6 Å². The normalized spacial score (nSPS) is 16.6. The number of hydrogen-bond donors (Lipinski definition) is 0. The molecule has 0 amide bonds. The van der Waals surface area contributed by atoms with Gasteiger partial charge in [-0.15, -0.1) is 0 Å². The molecular formula is C12H24O2. The van der Waals surface area contributed by atoms with E-state index in [4.69, 9.17) is 4.74 Å². The minimum Gasteiger partial charge on any atom is -0.463 e. The smallest absolute Gasteiger partial charge is 0.302 e. The topological polar surface area (TPSA) is 26.3 Å². The number of carbonyl (C=O) groups is 1. The molecule has 0 aromatic carbocycles. The highest BCUT2D eigenvalue weighted by Crippen LogP contribution is 2.37. The summed E-state index contributed by atoms with van der Waals surface area (Å²) in [7, 11) is 0. The summed E-state index contributed by atoms with van der Waals surface area (Å²) in [5, 5.41) is 0. The van der Waals surface area contributed by atoms with Crippen molar-refractivity contribution in [1.82, 2.24) is 0 Å². The first-order chi connectivity index (χ1) is 6.19. The molecule has 0 spiro atoms. The molecule has 2 atom stereocenters. The number of ether oxygens (including phenoxy) is 1. The lowest BCUT2D eigenvalue weighted by Gasteiger charge is -2.38. The Hall–Kier alpha value is -0.530. The molecule has 0 rings (SSSR count). The Morgan fingerprint density at radius 3 is 1.86 bits per heavy atom. The first kappa shape index (κ1) is 13.5. The summed E-state index contributed by atoms with van der Waals surface area (Å²) in [5.74, 6) is 0.755. The molecular weight excluding hydrogens is 176 g/mol. The molecule has 2 unspecified atom stereocenters. The quantitative estimate of drug-likeness (QED) is 0.651. The van der Waals surface area contributed by atoms with Gasteiger partial charge in [-0.1, -0.05) is 34.6 Å².